The molecule has 8 heteroatoms. The van der Waals surface area contributed by atoms with E-state index < -0.39 is 23.4 Å². The Labute approximate surface area is 169 Å². The second kappa shape index (κ2) is 7.35. The van der Waals surface area contributed by atoms with Crippen molar-refractivity contribution in [2.45, 2.75) is 51.7 Å². The first-order valence-electron chi connectivity index (χ1n) is 9.90. The number of hydrogen-bond acceptors (Lipinski definition) is 4. The molecular formula is C21H25N5O3. The van der Waals surface area contributed by atoms with Crippen molar-refractivity contribution in [1.82, 2.24) is 25.1 Å². The molecule has 1 unspecified atom stereocenters. The van der Waals surface area contributed by atoms with Gasteiger partial charge in [0.1, 0.15) is 17.9 Å². The molecule has 1 atom stereocenters. The van der Waals surface area contributed by atoms with Crippen LogP contribution in [0.15, 0.2) is 30.5 Å². The van der Waals surface area contributed by atoms with Crippen LogP contribution < -0.4 is 10.6 Å². The quantitative estimate of drug-likeness (QED) is 0.752. The number of benzene rings is 1. The van der Waals surface area contributed by atoms with E-state index in [4.69, 9.17) is 0 Å². The lowest BCUT2D eigenvalue weighted by Gasteiger charge is -2.22. The summed E-state index contributed by atoms with van der Waals surface area (Å²) in [5.74, 6) is 0.218. The summed E-state index contributed by atoms with van der Waals surface area (Å²) in [4.78, 5) is 43.2. The first kappa shape index (κ1) is 19.2. The van der Waals surface area contributed by atoms with E-state index >= 15 is 0 Å². The predicted octanol–water partition coefficient (Wildman–Crippen LogP) is 1.61. The fourth-order valence-electron chi connectivity index (χ4n) is 3.87. The third kappa shape index (κ3) is 3.62. The smallest absolute Gasteiger partial charge is 0.325 e. The summed E-state index contributed by atoms with van der Waals surface area (Å²) in [7, 11) is 0. The molecule has 2 aliphatic rings. The molecule has 8 nitrogen and oxygen atoms in total. The van der Waals surface area contributed by atoms with Gasteiger partial charge in [0.2, 0.25) is 5.91 Å². The van der Waals surface area contributed by atoms with Crippen LogP contribution in [0.4, 0.5) is 4.79 Å². The van der Waals surface area contributed by atoms with Crippen LogP contribution in [0.5, 0.6) is 0 Å². The first-order chi connectivity index (χ1) is 13.9. The van der Waals surface area contributed by atoms with Crippen LogP contribution in [0, 0.1) is 6.92 Å². The van der Waals surface area contributed by atoms with Crippen LogP contribution in [0.3, 0.4) is 0 Å². The van der Waals surface area contributed by atoms with Crippen LogP contribution in [0.25, 0.3) is 0 Å². The highest BCUT2D eigenvalue weighted by Gasteiger charge is 2.49. The zero-order chi connectivity index (χ0) is 20.6. The number of rotatable bonds is 5. The van der Waals surface area contributed by atoms with Crippen molar-refractivity contribution in [3.63, 3.8) is 0 Å². The zero-order valence-electron chi connectivity index (χ0n) is 16.7. The highest BCUT2D eigenvalue weighted by atomic mass is 16.2. The molecule has 0 aliphatic carbocycles. The molecular weight excluding hydrogens is 370 g/mol. The molecule has 1 fully saturated rings. The Hall–Kier alpha value is -3.16. The summed E-state index contributed by atoms with van der Waals surface area (Å²) in [6.07, 6.45) is 5.18. The number of imide groups is 1. The SMILES string of the molecule is Cc1ccc(C2(C)NC(=O)N(CC(=O)NCc3cn4c(n3)CCCC4)C2=O)cc1. The van der Waals surface area contributed by atoms with Crippen molar-refractivity contribution in [1.29, 1.82) is 0 Å². The number of carbonyl (C=O) groups excluding carboxylic acids is 3. The molecule has 0 radical (unpaired) electrons. The number of imidazole rings is 1. The molecule has 1 aromatic carbocycles. The Balaban J connectivity index is 1.39. The average Bonchev–Trinajstić information content (AvgIpc) is 3.21. The van der Waals surface area contributed by atoms with Gasteiger partial charge in [0, 0.05) is 19.2 Å². The van der Waals surface area contributed by atoms with Crippen LogP contribution in [-0.4, -0.2) is 38.8 Å². The van der Waals surface area contributed by atoms with Crippen molar-refractivity contribution in [2.75, 3.05) is 6.54 Å². The lowest BCUT2D eigenvalue weighted by molar-refractivity contribution is -0.134. The number of urea groups is 1. The van der Waals surface area contributed by atoms with E-state index in [1.807, 2.05) is 37.4 Å². The van der Waals surface area contributed by atoms with Crippen molar-refractivity contribution in [3.8, 4) is 0 Å². The number of hydrogen-bond donors (Lipinski definition) is 2. The van der Waals surface area contributed by atoms with Crippen LogP contribution in [-0.2, 0) is 34.6 Å². The third-order valence-electron chi connectivity index (χ3n) is 5.63. The second-order valence-electron chi connectivity index (χ2n) is 7.89. The number of aryl methyl sites for hydroxylation is 3. The summed E-state index contributed by atoms with van der Waals surface area (Å²) in [5.41, 5.74) is 1.37. The number of carbonyl (C=O) groups is 3. The Kier molecular flexibility index (Phi) is 4.86. The molecule has 0 saturated carbocycles. The second-order valence-corrected chi connectivity index (χ2v) is 7.89. The van der Waals surface area contributed by atoms with Gasteiger partial charge in [-0.2, -0.15) is 0 Å². The summed E-state index contributed by atoms with van der Waals surface area (Å²) >= 11 is 0. The van der Waals surface area contributed by atoms with E-state index in [-0.39, 0.29) is 13.1 Å². The molecule has 29 heavy (non-hydrogen) atoms. The summed E-state index contributed by atoms with van der Waals surface area (Å²) in [6, 6.07) is 6.85. The Bertz CT molecular complexity index is 942. The lowest BCUT2D eigenvalue weighted by Crippen LogP contribution is -2.43. The van der Waals surface area contributed by atoms with E-state index in [0.717, 1.165) is 47.8 Å². The van der Waals surface area contributed by atoms with Crippen molar-refractivity contribution >= 4 is 17.8 Å². The van der Waals surface area contributed by atoms with Gasteiger partial charge in [-0.25, -0.2) is 9.78 Å². The molecule has 152 valence electrons. The number of aromatic nitrogens is 2. The minimum Gasteiger partial charge on any atom is -0.349 e. The molecule has 1 saturated heterocycles. The van der Waals surface area contributed by atoms with Gasteiger partial charge in [0.05, 0.1) is 12.2 Å². The first-order valence-corrected chi connectivity index (χ1v) is 9.90. The topological polar surface area (TPSA) is 96.3 Å². The highest BCUT2D eigenvalue weighted by molar-refractivity contribution is 6.09. The number of nitrogens with zero attached hydrogens (tertiary/aromatic N) is 3. The van der Waals surface area contributed by atoms with Gasteiger partial charge in [0.25, 0.3) is 5.91 Å². The molecule has 4 amide bonds. The maximum Gasteiger partial charge on any atom is 0.325 e. The maximum atomic E-state index is 12.9. The van der Waals surface area contributed by atoms with E-state index in [9.17, 15) is 14.4 Å². The third-order valence-corrected chi connectivity index (χ3v) is 5.63. The van der Waals surface area contributed by atoms with E-state index in [1.54, 1.807) is 6.92 Å². The number of nitrogens with one attached hydrogen (secondary N) is 2. The largest absolute Gasteiger partial charge is 0.349 e. The highest BCUT2D eigenvalue weighted by Crippen LogP contribution is 2.28. The molecule has 2 aliphatic heterocycles. The molecule has 1 aromatic heterocycles. The molecule has 4 rings (SSSR count). The monoisotopic (exact) mass is 395 g/mol. The van der Waals surface area contributed by atoms with Gasteiger partial charge in [0.15, 0.2) is 0 Å². The fraction of sp³-hybridized carbons (Fsp3) is 0.429. The van der Waals surface area contributed by atoms with Gasteiger partial charge in [-0.3, -0.25) is 14.5 Å². The molecule has 0 bridgehead atoms. The number of amides is 4. The molecule has 3 heterocycles. The standard InChI is InChI=1S/C21H25N5O3/c1-14-6-8-15(9-7-14)21(2)19(28)26(20(29)24-21)13-18(27)22-11-16-12-25-10-4-3-5-17(25)23-16/h6-9,12H,3-5,10-11,13H2,1-2H3,(H,22,27)(H,24,29). The normalized spacial score (nSPS) is 21.1. The average molecular weight is 395 g/mol. The van der Waals surface area contributed by atoms with Crippen molar-refractivity contribution < 1.29 is 14.4 Å². The van der Waals surface area contributed by atoms with Gasteiger partial charge >= 0.3 is 6.03 Å². The van der Waals surface area contributed by atoms with Crippen molar-refractivity contribution in [3.05, 3.63) is 53.1 Å². The van der Waals surface area contributed by atoms with Crippen LogP contribution in [0.1, 0.15) is 42.4 Å². The Morgan fingerprint density at radius 2 is 2.00 bits per heavy atom. The van der Waals surface area contributed by atoms with Crippen molar-refractivity contribution in [2.24, 2.45) is 0 Å². The summed E-state index contributed by atoms with van der Waals surface area (Å²) in [5, 5.41) is 5.48. The predicted molar refractivity (Wildman–Crippen MR) is 106 cm³/mol. The number of fused-ring (bicyclic) bond motifs is 1. The molecule has 2 aromatic rings. The van der Waals surface area contributed by atoms with Gasteiger partial charge in [-0.05, 0) is 32.3 Å². The summed E-state index contributed by atoms with van der Waals surface area (Å²) in [6.45, 7) is 4.52. The van der Waals surface area contributed by atoms with Gasteiger partial charge < -0.3 is 15.2 Å². The van der Waals surface area contributed by atoms with E-state index in [1.165, 1.54) is 0 Å². The van der Waals surface area contributed by atoms with E-state index in [2.05, 4.69) is 20.2 Å². The molecule has 0 spiro atoms. The summed E-state index contributed by atoms with van der Waals surface area (Å²) < 4.78 is 2.12. The van der Waals surface area contributed by atoms with Gasteiger partial charge in [-0.1, -0.05) is 29.8 Å². The minimum absolute atomic E-state index is 0.276. The van der Waals surface area contributed by atoms with Crippen LogP contribution in [0.2, 0.25) is 0 Å². The van der Waals surface area contributed by atoms with E-state index in [0.29, 0.717) is 5.56 Å². The van der Waals surface area contributed by atoms with Gasteiger partial charge in [-0.15, -0.1) is 0 Å². The molecule has 2 N–H and O–H groups in total. The fourth-order valence-corrected chi connectivity index (χ4v) is 3.87. The van der Waals surface area contributed by atoms with Crippen LogP contribution >= 0.6 is 0 Å². The Morgan fingerprint density at radius 3 is 2.72 bits per heavy atom. The Morgan fingerprint density at radius 1 is 1.24 bits per heavy atom. The maximum absolute atomic E-state index is 12.9. The minimum atomic E-state index is -1.17. The zero-order valence-corrected chi connectivity index (χ0v) is 16.7. The lowest BCUT2D eigenvalue weighted by atomic mass is 9.91.